The fraction of sp³-hybridized carbons (Fsp3) is 0.0909. The predicted molar refractivity (Wildman–Crippen MR) is 62.7 cm³/mol. The Morgan fingerprint density at radius 1 is 1.38 bits per heavy atom. The van der Waals surface area contributed by atoms with Crippen molar-refractivity contribution >= 4 is 23.3 Å². The summed E-state index contributed by atoms with van der Waals surface area (Å²) in [5.74, 6) is 0.265. The van der Waals surface area contributed by atoms with Gasteiger partial charge in [-0.05, 0) is 31.2 Å². The number of nitrogens with one attached hydrogen (secondary N) is 2. The van der Waals surface area contributed by atoms with Crippen molar-refractivity contribution in [3.8, 4) is 0 Å². The zero-order valence-electron chi connectivity index (χ0n) is 8.62. The molecular weight excluding hydrogens is 226 g/mol. The number of pyridine rings is 1. The number of rotatable bonds is 2. The van der Waals surface area contributed by atoms with Crippen molar-refractivity contribution in [1.29, 1.82) is 0 Å². The van der Waals surface area contributed by atoms with Gasteiger partial charge in [0.2, 0.25) is 0 Å². The van der Waals surface area contributed by atoms with Gasteiger partial charge in [-0.15, -0.1) is 0 Å². The number of aromatic amines is 1. The Morgan fingerprint density at radius 3 is 2.81 bits per heavy atom. The van der Waals surface area contributed by atoms with Crippen LogP contribution in [-0.2, 0) is 0 Å². The maximum atomic E-state index is 11.7. The van der Waals surface area contributed by atoms with Crippen LogP contribution in [0.15, 0.2) is 30.3 Å². The SMILES string of the molecule is Cc1cccc(NC(=O)c2ccc(Cl)[nH]2)n1. The van der Waals surface area contributed by atoms with Gasteiger partial charge in [-0.3, -0.25) is 4.79 Å². The van der Waals surface area contributed by atoms with E-state index in [0.29, 0.717) is 16.7 Å². The summed E-state index contributed by atoms with van der Waals surface area (Å²) in [5, 5.41) is 3.11. The van der Waals surface area contributed by atoms with E-state index in [2.05, 4.69) is 15.3 Å². The number of aryl methyl sites for hydroxylation is 1. The van der Waals surface area contributed by atoms with Gasteiger partial charge in [0.1, 0.15) is 16.7 Å². The van der Waals surface area contributed by atoms with E-state index in [-0.39, 0.29) is 5.91 Å². The molecule has 0 saturated carbocycles. The monoisotopic (exact) mass is 235 g/mol. The molecular formula is C11H10ClN3O. The molecule has 5 heteroatoms. The molecule has 0 spiro atoms. The number of halogens is 1. The Balaban J connectivity index is 2.13. The third kappa shape index (κ3) is 2.41. The van der Waals surface area contributed by atoms with E-state index >= 15 is 0 Å². The van der Waals surface area contributed by atoms with E-state index in [4.69, 9.17) is 11.6 Å². The molecule has 1 amide bonds. The molecule has 16 heavy (non-hydrogen) atoms. The number of anilines is 1. The molecule has 2 aromatic rings. The lowest BCUT2D eigenvalue weighted by Crippen LogP contribution is -2.13. The van der Waals surface area contributed by atoms with Gasteiger partial charge >= 0.3 is 0 Å². The van der Waals surface area contributed by atoms with Crippen molar-refractivity contribution in [3.05, 3.63) is 46.9 Å². The fourth-order valence-electron chi connectivity index (χ4n) is 1.30. The van der Waals surface area contributed by atoms with Crippen LogP contribution in [-0.4, -0.2) is 15.9 Å². The van der Waals surface area contributed by atoms with Gasteiger partial charge in [0, 0.05) is 5.69 Å². The number of amides is 1. The summed E-state index contributed by atoms with van der Waals surface area (Å²) in [6, 6.07) is 8.67. The quantitative estimate of drug-likeness (QED) is 0.841. The number of carbonyl (C=O) groups is 1. The summed E-state index contributed by atoms with van der Waals surface area (Å²) in [7, 11) is 0. The van der Waals surface area contributed by atoms with Gasteiger partial charge in [-0.25, -0.2) is 4.98 Å². The summed E-state index contributed by atoms with van der Waals surface area (Å²) in [6.07, 6.45) is 0. The summed E-state index contributed by atoms with van der Waals surface area (Å²) >= 11 is 5.68. The van der Waals surface area contributed by atoms with Crippen LogP contribution in [0.5, 0.6) is 0 Å². The third-order valence-electron chi connectivity index (χ3n) is 2.02. The summed E-state index contributed by atoms with van der Waals surface area (Å²) < 4.78 is 0. The van der Waals surface area contributed by atoms with Crippen molar-refractivity contribution in [1.82, 2.24) is 9.97 Å². The van der Waals surface area contributed by atoms with E-state index in [1.54, 1.807) is 18.2 Å². The number of hydrogen-bond acceptors (Lipinski definition) is 2. The van der Waals surface area contributed by atoms with Crippen LogP contribution in [0, 0.1) is 6.92 Å². The van der Waals surface area contributed by atoms with E-state index in [0.717, 1.165) is 5.69 Å². The molecule has 2 N–H and O–H groups in total. The molecule has 0 saturated heterocycles. The molecule has 0 aliphatic carbocycles. The first-order valence-electron chi connectivity index (χ1n) is 4.75. The number of hydrogen-bond donors (Lipinski definition) is 2. The van der Waals surface area contributed by atoms with Crippen molar-refractivity contribution < 1.29 is 4.79 Å². The van der Waals surface area contributed by atoms with Crippen molar-refractivity contribution in [2.24, 2.45) is 0 Å². The van der Waals surface area contributed by atoms with E-state index < -0.39 is 0 Å². The van der Waals surface area contributed by atoms with Gasteiger partial charge in [-0.1, -0.05) is 17.7 Å². The second kappa shape index (κ2) is 4.37. The zero-order chi connectivity index (χ0) is 11.5. The minimum absolute atomic E-state index is 0.259. The van der Waals surface area contributed by atoms with Crippen LogP contribution in [0.4, 0.5) is 5.82 Å². The van der Waals surface area contributed by atoms with Gasteiger partial charge in [-0.2, -0.15) is 0 Å². The van der Waals surface area contributed by atoms with Crippen molar-refractivity contribution in [2.75, 3.05) is 5.32 Å². The first-order valence-corrected chi connectivity index (χ1v) is 5.12. The molecule has 0 radical (unpaired) electrons. The van der Waals surface area contributed by atoms with Crippen molar-refractivity contribution in [2.45, 2.75) is 6.92 Å². The maximum absolute atomic E-state index is 11.7. The smallest absolute Gasteiger partial charge is 0.273 e. The molecule has 0 bridgehead atoms. The Hall–Kier alpha value is -1.81. The normalized spacial score (nSPS) is 10.1. The highest BCUT2D eigenvalue weighted by atomic mass is 35.5. The zero-order valence-corrected chi connectivity index (χ0v) is 9.38. The van der Waals surface area contributed by atoms with Gasteiger partial charge in [0.15, 0.2) is 0 Å². The predicted octanol–water partition coefficient (Wildman–Crippen LogP) is 2.62. The topological polar surface area (TPSA) is 57.8 Å². The van der Waals surface area contributed by atoms with Crippen LogP contribution in [0.3, 0.4) is 0 Å². The molecule has 4 nitrogen and oxygen atoms in total. The lowest BCUT2D eigenvalue weighted by molar-refractivity contribution is 0.102. The molecule has 0 unspecified atom stereocenters. The summed E-state index contributed by atoms with van der Waals surface area (Å²) in [6.45, 7) is 1.86. The molecule has 0 aliphatic heterocycles. The minimum Gasteiger partial charge on any atom is -0.342 e. The number of carbonyl (C=O) groups excluding carboxylic acids is 1. The first-order chi connectivity index (χ1) is 7.65. The summed E-state index contributed by atoms with van der Waals surface area (Å²) in [5.41, 5.74) is 1.26. The second-order valence-electron chi connectivity index (χ2n) is 3.34. The maximum Gasteiger partial charge on any atom is 0.273 e. The van der Waals surface area contributed by atoms with Gasteiger partial charge in [0.25, 0.3) is 5.91 Å². The fourth-order valence-corrected chi connectivity index (χ4v) is 1.46. The average molecular weight is 236 g/mol. The van der Waals surface area contributed by atoms with Crippen LogP contribution >= 0.6 is 11.6 Å². The number of nitrogens with zero attached hydrogens (tertiary/aromatic N) is 1. The highest BCUT2D eigenvalue weighted by molar-refractivity contribution is 6.29. The largest absolute Gasteiger partial charge is 0.342 e. The Morgan fingerprint density at radius 2 is 2.19 bits per heavy atom. The van der Waals surface area contributed by atoms with E-state index in [1.165, 1.54) is 0 Å². The average Bonchev–Trinajstić information content (AvgIpc) is 2.65. The van der Waals surface area contributed by atoms with Gasteiger partial charge in [0.05, 0.1) is 0 Å². The molecule has 2 rings (SSSR count). The van der Waals surface area contributed by atoms with Crippen LogP contribution < -0.4 is 5.32 Å². The highest BCUT2D eigenvalue weighted by Gasteiger charge is 2.08. The van der Waals surface area contributed by atoms with Crippen LogP contribution in [0.25, 0.3) is 0 Å². The second-order valence-corrected chi connectivity index (χ2v) is 3.75. The molecule has 0 atom stereocenters. The molecule has 0 aliphatic rings. The lowest BCUT2D eigenvalue weighted by Gasteiger charge is -2.03. The molecule has 82 valence electrons. The molecule has 0 aromatic carbocycles. The number of H-pyrrole nitrogens is 1. The van der Waals surface area contributed by atoms with E-state index in [9.17, 15) is 4.79 Å². The van der Waals surface area contributed by atoms with Crippen LogP contribution in [0.1, 0.15) is 16.2 Å². The Bertz CT molecular complexity index is 521. The standard InChI is InChI=1S/C11H10ClN3O/c1-7-3-2-4-10(13-7)15-11(16)8-5-6-9(12)14-8/h2-6,14H,1H3,(H,13,15,16). The molecule has 0 fully saturated rings. The highest BCUT2D eigenvalue weighted by Crippen LogP contribution is 2.10. The molecule has 2 heterocycles. The van der Waals surface area contributed by atoms with Crippen LogP contribution in [0.2, 0.25) is 5.15 Å². The Labute approximate surface area is 97.7 Å². The van der Waals surface area contributed by atoms with E-state index in [1.807, 2.05) is 19.1 Å². The minimum atomic E-state index is -0.259. The number of aromatic nitrogens is 2. The Kier molecular flexibility index (Phi) is 2.92. The lowest BCUT2D eigenvalue weighted by atomic mass is 10.3. The molecule has 2 aromatic heterocycles. The summed E-state index contributed by atoms with van der Waals surface area (Å²) in [4.78, 5) is 18.6. The first kappa shape index (κ1) is 10.7. The third-order valence-corrected chi connectivity index (χ3v) is 2.25. The van der Waals surface area contributed by atoms with Crippen molar-refractivity contribution in [3.63, 3.8) is 0 Å². The van der Waals surface area contributed by atoms with Gasteiger partial charge < -0.3 is 10.3 Å².